The molecule has 48 heavy (non-hydrogen) atoms. The molecule has 258 valence electrons. The fourth-order valence-corrected chi connectivity index (χ4v) is 4.08. The molecule has 0 aliphatic rings. The quantitative estimate of drug-likeness (QED) is 0.0822. The highest BCUT2D eigenvalue weighted by Crippen LogP contribution is 2.20. The second kappa shape index (κ2) is 18.1. The van der Waals surface area contributed by atoms with Crippen LogP contribution in [0.15, 0.2) is 78.3 Å². The van der Waals surface area contributed by atoms with Gasteiger partial charge in [-0.05, 0) is 52.3 Å². The minimum Gasteiger partial charge on any atom is -0.480 e. The zero-order chi connectivity index (χ0) is 34.7. The third-order valence-corrected chi connectivity index (χ3v) is 6.29. The fourth-order valence-electron chi connectivity index (χ4n) is 4.08. The summed E-state index contributed by atoms with van der Waals surface area (Å²) in [5.41, 5.74) is 13.7. The number of nitrogens with two attached hydrogens (primary N) is 2. The SMILES string of the molecule is CC(C)NC(=O)c1cccc(-c2cnc(NC(C)C)c(=O)n2CC(=O)O)c1.Cc1oc(=O)oc1CO/N=C(\N)c1ccc(CN)cc1.Cl. The zero-order valence-corrected chi connectivity index (χ0v) is 28.0. The molecule has 2 aromatic carbocycles. The number of aliphatic carboxylic acids is 1. The number of carbonyl (C=O) groups is 2. The zero-order valence-electron chi connectivity index (χ0n) is 27.2. The number of carboxylic acid groups (broad SMARTS) is 1. The first-order chi connectivity index (χ1) is 22.3. The number of rotatable bonds is 12. The average Bonchev–Trinajstić information content (AvgIpc) is 3.34. The van der Waals surface area contributed by atoms with Crippen LogP contribution in [0.5, 0.6) is 0 Å². The van der Waals surface area contributed by atoms with E-state index in [1.807, 2.05) is 39.8 Å². The topological polar surface area (TPSA) is 230 Å². The molecule has 0 saturated carbocycles. The van der Waals surface area contributed by atoms with Crippen molar-refractivity contribution in [3.8, 4) is 11.3 Å². The number of aryl methyl sites for hydroxylation is 1. The van der Waals surface area contributed by atoms with Crippen LogP contribution in [0.3, 0.4) is 0 Å². The maximum atomic E-state index is 12.7. The minimum atomic E-state index is -1.14. The summed E-state index contributed by atoms with van der Waals surface area (Å²) in [7, 11) is 0. The number of nitrogens with one attached hydrogen (secondary N) is 2. The molecule has 0 saturated heterocycles. The molecule has 2 heterocycles. The maximum absolute atomic E-state index is 12.7. The lowest BCUT2D eigenvalue weighted by atomic mass is 10.1. The Bertz CT molecular complexity index is 1830. The Balaban J connectivity index is 0.000000340. The molecule has 4 rings (SSSR count). The van der Waals surface area contributed by atoms with Gasteiger partial charge in [0.15, 0.2) is 29.8 Å². The monoisotopic (exact) mass is 685 g/mol. The molecule has 4 aromatic rings. The summed E-state index contributed by atoms with van der Waals surface area (Å²) in [4.78, 5) is 56.2. The first-order valence-electron chi connectivity index (χ1n) is 14.6. The molecular formula is C32H40ClN7O8. The highest BCUT2D eigenvalue weighted by Gasteiger charge is 2.16. The second-order valence-corrected chi connectivity index (χ2v) is 10.9. The number of anilines is 1. The number of carboxylic acids is 1. The van der Waals surface area contributed by atoms with Crippen LogP contribution in [0.4, 0.5) is 5.82 Å². The van der Waals surface area contributed by atoms with Gasteiger partial charge in [-0.1, -0.05) is 41.6 Å². The molecule has 0 unspecified atom stereocenters. The third kappa shape index (κ3) is 11.1. The van der Waals surface area contributed by atoms with Crippen LogP contribution in [0.1, 0.15) is 60.7 Å². The van der Waals surface area contributed by atoms with E-state index in [1.165, 1.54) is 6.20 Å². The summed E-state index contributed by atoms with van der Waals surface area (Å²) < 4.78 is 10.6. The van der Waals surface area contributed by atoms with E-state index >= 15 is 0 Å². The van der Waals surface area contributed by atoms with Gasteiger partial charge in [-0.2, -0.15) is 0 Å². The van der Waals surface area contributed by atoms with Crippen molar-refractivity contribution >= 4 is 35.9 Å². The lowest BCUT2D eigenvalue weighted by molar-refractivity contribution is -0.137. The molecule has 0 fully saturated rings. The molecule has 15 nitrogen and oxygen atoms in total. The molecule has 0 atom stereocenters. The van der Waals surface area contributed by atoms with Crippen LogP contribution in [0.2, 0.25) is 0 Å². The first-order valence-corrected chi connectivity index (χ1v) is 14.6. The lowest BCUT2D eigenvalue weighted by Crippen LogP contribution is -2.31. The average molecular weight is 686 g/mol. The van der Waals surface area contributed by atoms with Crippen molar-refractivity contribution in [1.29, 1.82) is 0 Å². The Morgan fingerprint density at radius 2 is 1.73 bits per heavy atom. The van der Waals surface area contributed by atoms with E-state index in [2.05, 4.69) is 25.2 Å². The Hall–Kier alpha value is -5.41. The van der Waals surface area contributed by atoms with Crippen molar-refractivity contribution in [1.82, 2.24) is 14.9 Å². The maximum Gasteiger partial charge on any atom is 0.519 e. The van der Waals surface area contributed by atoms with Gasteiger partial charge < -0.3 is 40.9 Å². The summed E-state index contributed by atoms with van der Waals surface area (Å²) >= 11 is 0. The van der Waals surface area contributed by atoms with Gasteiger partial charge in [0.1, 0.15) is 6.54 Å². The lowest BCUT2D eigenvalue weighted by Gasteiger charge is -2.15. The van der Waals surface area contributed by atoms with Gasteiger partial charge in [0.05, 0.1) is 11.9 Å². The van der Waals surface area contributed by atoms with E-state index < -0.39 is 23.9 Å². The Morgan fingerprint density at radius 3 is 2.29 bits per heavy atom. The summed E-state index contributed by atoms with van der Waals surface area (Å²) in [6.45, 7) is 8.95. The Morgan fingerprint density at radius 1 is 1.04 bits per heavy atom. The number of benzene rings is 2. The molecule has 0 aliphatic carbocycles. The molecule has 7 N–H and O–H groups in total. The van der Waals surface area contributed by atoms with Gasteiger partial charge in [-0.3, -0.25) is 19.0 Å². The Labute approximate surface area is 282 Å². The van der Waals surface area contributed by atoms with Crippen molar-refractivity contribution in [3.05, 3.63) is 104 Å². The van der Waals surface area contributed by atoms with Crippen molar-refractivity contribution < 1.29 is 28.4 Å². The van der Waals surface area contributed by atoms with Crippen molar-refractivity contribution in [2.24, 2.45) is 16.6 Å². The number of aromatic nitrogens is 2. The number of carbonyl (C=O) groups excluding carboxylic acids is 1. The van der Waals surface area contributed by atoms with Crippen LogP contribution in [0.25, 0.3) is 11.3 Å². The minimum absolute atomic E-state index is 0. The van der Waals surface area contributed by atoms with Crippen LogP contribution in [-0.4, -0.2) is 44.5 Å². The van der Waals surface area contributed by atoms with E-state index in [1.54, 1.807) is 43.3 Å². The third-order valence-electron chi connectivity index (χ3n) is 6.29. The van der Waals surface area contributed by atoms with Gasteiger partial charge in [0.2, 0.25) is 0 Å². The van der Waals surface area contributed by atoms with E-state index in [0.29, 0.717) is 34.7 Å². The molecule has 0 aliphatic heterocycles. The number of nitrogens with zero attached hydrogens (tertiary/aromatic N) is 3. The first kappa shape index (κ1) is 38.8. The smallest absolute Gasteiger partial charge is 0.480 e. The summed E-state index contributed by atoms with van der Waals surface area (Å²) in [5.74, 6) is -1.21. The molecule has 2 aromatic heterocycles. The second-order valence-electron chi connectivity index (χ2n) is 10.9. The number of amides is 1. The molecular weight excluding hydrogens is 646 g/mol. The van der Waals surface area contributed by atoms with E-state index in [4.69, 9.17) is 20.7 Å². The van der Waals surface area contributed by atoms with E-state index in [9.17, 15) is 24.3 Å². The Kier molecular flexibility index (Phi) is 14.6. The van der Waals surface area contributed by atoms with Crippen molar-refractivity contribution in [2.75, 3.05) is 5.32 Å². The molecule has 16 heteroatoms. The van der Waals surface area contributed by atoms with Gasteiger partial charge in [0, 0.05) is 35.3 Å². The number of hydrogen-bond donors (Lipinski definition) is 5. The molecule has 0 radical (unpaired) electrons. The van der Waals surface area contributed by atoms with Crippen LogP contribution < -0.4 is 33.5 Å². The summed E-state index contributed by atoms with van der Waals surface area (Å²) in [6.07, 6.45) is 1.44. The van der Waals surface area contributed by atoms with Gasteiger partial charge in [0.25, 0.3) is 11.5 Å². The number of halogens is 1. The molecule has 0 bridgehead atoms. The highest BCUT2D eigenvalue weighted by molar-refractivity contribution is 5.97. The van der Waals surface area contributed by atoms with Crippen LogP contribution in [-0.2, 0) is 29.3 Å². The molecule has 1 amide bonds. The van der Waals surface area contributed by atoms with Crippen molar-refractivity contribution in [3.63, 3.8) is 0 Å². The number of amidine groups is 1. The van der Waals surface area contributed by atoms with Gasteiger partial charge in [-0.15, -0.1) is 12.4 Å². The normalized spacial score (nSPS) is 11.0. The fraction of sp³-hybridized carbons (Fsp3) is 0.312. The summed E-state index contributed by atoms with van der Waals surface area (Å²) in [6, 6.07) is 13.9. The van der Waals surface area contributed by atoms with Gasteiger partial charge in [-0.25, -0.2) is 9.78 Å². The largest absolute Gasteiger partial charge is 0.519 e. The van der Waals surface area contributed by atoms with Crippen LogP contribution >= 0.6 is 12.4 Å². The van der Waals surface area contributed by atoms with Crippen molar-refractivity contribution in [2.45, 2.75) is 66.4 Å². The van der Waals surface area contributed by atoms with E-state index in [-0.39, 0.29) is 54.4 Å². The number of hydrogen-bond acceptors (Lipinski definition) is 11. The molecule has 0 spiro atoms. The number of oxime groups is 1. The van der Waals surface area contributed by atoms with E-state index in [0.717, 1.165) is 10.1 Å². The van der Waals surface area contributed by atoms with Gasteiger partial charge >= 0.3 is 11.8 Å². The summed E-state index contributed by atoms with van der Waals surface area (Å²) in [5, 5.41) is 18.7. The predicted molar refractivity (Wildman–Crippen MR) is 182 cm³/mol. The predicted octanol–water partition coefficient (Wildman–Crippen LogP) is 3.21. The van der Waals surface area contributed by atoms with Crippen LogP contribution in [0, 0.1) is 6.92 Å². The highest BCUT2D eigenvalue weighted by atomic mass is 35.5. The standard InChI is InChI=1S/C19H24N4O4.C13H15N3O4.ClH/c1-11(2)21-17-19(27)23(10-16(24)25)15(9-20-17)13-6-5-7-14(8-13)18(26)22-12(3)4;1-8-11(20-13(17)19-8)7-18-16-12(15)10-4-2-9(6-14)3-5-10;/h5-9,11-12H,10H2,1-4H3,(H,20,21)(H,22,26)(H,24,25);2-5H,6-7,14H2,1H3,(H2,15,16);1H.